The molecule has 0 saturated carbocycles. The average molecular weight is 611 g/mol. The Morgan fingerprint density at radius 1 is 0.556 bits per heavy atom. The van der Waals surface area contributed by atoms with Gasteiger partial charge in [-0.1, -0.05) is 50.4 Å². The number of pyridine rings is 2. The SMILES string of the molecule is Cc1cc(C)c(C)c(-c2cccc(-c3c(C)c(C)cc(C)c3C)c2P2C(c3ccccn3)CC(=O)CC2c2ccccn2)c1C. The summed E-state index contributed by atoms with van der Waals surface area (Å²) in [6, 6.07) is 23.9. The van der Waals surface area contributed by atoms with Crippen LogP contribution in [0, 0.1) is 55.4 Å². The van der Waals surface area contributed by atoms with Gasteiger partial charge in [0.15, 0.2) is 0 Å². The van der Waals surface area contributed by atoms with E-state index in [0.717, 1.165) is 11.4 Å². The summed E-state index contributed by atoms with van der Waals surface area (Å²) in [5.74, 6) is 0.289. The third-order valence-corrected chi connectivity index (χ3v) is 13.4. The molecule has 1 fully saturated rings. The van der Waals surface area contributed by atoms with Crippen LogP contribution < -0.4 is 5.30 Å². The molecule has 1 saturated heterocycles. The number of hydrogen-bond donors (Lipinski definition) is 0. The number of hydrogen-bond acceptors (Lipinski definition) is 3. The van der Waals surface area contributed by atoms with Crippen LogP contribution in [0.4, 0.5) is 0 Å². The zero-order chi connectivity index (χ0) is 32.0. The maximum absolute atomic E-state index is 13.7. The van der Waals surface area contributed by atoms with E-state index in [1.54, 1.807) is 0 Å². The number of aromatic nitrogens is 2. The van der Waals surface area contributed by atoms with Crippen LogP contribution in [-0.2, 0) is 4.79 Å². The van der Waals surface area contributed by atoms with Crippen LogP contribution in [0.1, 0.15) is 80.1 Å². The molecule has 1 aliphatic heterocycles. The lowest BCUT2D eigenvalue weighted by atomic mass is 9.85. The van der Waals surface area contributed by atoms with E-state index < -0.39 is 7.92 Å². The van der Waals surface area contributed by atoms with Crippen LogP contribution in [0.25, 0.3) is 22.3 Å². The van der Waals surface area contributed by atoms with Crippen molar-refractivity contribution in [1.29, 1.82) is 0 Å². The van der Waals surface area contributed by atoms with E-state index >= 15 is 0 Å². The van der Waals surface area contributed by atoms with Gasteiger partial charge in [-0.05, 0) is 152 Å². The molecule has 3 nitrogen and oxygen atoms in total. The first kappa shape index (κ1) is 31.1. The third-order valence-electron chi connectivity index (χ3n) is 10.1. The summed E-state index contributed by atoms with van der Waals surface area (Å²) in [7, 11) is -0.996. The molecule has 6 rings (SSSR count). The van der Waals surface area contributed by atoms with Gasteiger partial charge in [-0.3, -0.25) is 14.8 Å². The molecule has 0 spiro atoms. The highest BCUT2D eigenvalue weighted by molar-refractivity contribution is 7.67. The molecule has 45 heavy (non-hydrogen) atoms. The summed E-state index contributed by atoms with van der Waals surface area (Å²) >= 11 is 0. The van der Waals surface area contributed by atoms with E-state index in [0.29, 0.717) is 12.8 Å². The van der Waals surface area contributed by atoms with Crippen LogP contribution in [0.15, 0.2) is 79.1 Å². The Morgan fingerprint density at radius 3 is 1.31 bits per heavy atom. The van der Waals surface area contributed by atoms with Gasteiger partial charge >= 0.3 is 0 Å². The fraction of sp³-hybridized carbons (Fsp3) is 0.293. The zero-order valence-electron chi connectivity index (χ0n) is 27.8. The number of carbonyl (C=O) groups excluding carboxylic acids is 1. The molecule has 2 atom stereocenters. The fourth-order valence-corrected chi connectivity index (χ4v) is 11.0. The number of nitrogens with zero attached hydrogens (tertiary/aromatic N) is 2. The van der Waals surface area contributed by atoms with Crippen molar-refractivity contribution in [3.63, 3.8) is 0 Å². The first-order chi connectivity index (χ1) is 21.6. The largest absolute Gasteiger partial charge is 0.300 e. The molecule has 0 radical (unpaired) electrons. The monoisotopic (exact) mass is 610 g/mol. The van der Waals surface area contributed by atoms with Crippen molar-refractivity contribution < 1.29 is 4.79 Å². The molecule has 2 unspecified atom stereocenters. The molecule has 0 N–H and O–H groups in total. The van der Waals surface area contributed by atoms with Crippen molar-refractivity contribution >= 4 is 19.0 Å². The summed E-state index contributed by atoms with van der Waals surface area (Å²) in [4.78, 5) is 23.5. The lowest BCUT2D eigenvalue weighted by Crippen LogP contribution is -2.27. The third kappa shape index (κ3) is 5.57. The lowest BCUT2D eigenvalue weighted by molar-refractivity contribution is -0.119. The topological polar surface area (TPSA) is 42.9 Å². The summed E-state index contributed by atoms with van der Waals surface area (Å²) < 4.78 is 0. The number of ketones is 1. The molecule has 0 bridgehead atoms. The van der Waals surface area contributed by atoms with Crippen molar-refractivity contribution in [3.8, 4) is 22.3 Å². The van der Waals surface area contributed by atoms with Crippen LogP contribution in [0.5, 0.6) is 0 Å². The van der Waals surface area contributed by atoms with Crippen LogP contribution in [-0.4, -0.2) is 15.8 Å². The molecular weight excluding hydrogens is 567 g/mol. The molecule has 0 aliphatic carbocycles. The van der Waals surface area contributed by atoms with E-state index in [4.69, 9.17) is 9.97 Å². The van der Waals surface area contributed by atoms with E-state index in [1.807, 2.05) is 24.5 Å². The van der Waals surface area contributed by atoms with Gasteiger partial charge in [-0.2, -0.15) is 0 Å². The van der Waals surface area contributed by atoms with E-state index in [1.165, 1.54) is 72.1 Å². The maximum atomic E-state index is 13.7. The van der Waals surface area contributed by atoms with Crippen molar-refractivity contribution in [2.24, 2.45) is 0 Å². The number of rotatable bonds is 5. The minimum Gasteiger partial charge on any atom is -0.300 e. The van der Waals surface area contributed by atoms with E-state index in [9.17, 15) is 4.79 Å². The molecule has 4 heteroatoms. The normalized spacial score (nSPS) is 18.3. The fourth-order valence-electron chi connectivity index (χ4n) is 7.35. The van der Waals surface area contributed by atoms with E-state index in [-0.39, 0.29) is 17.1 Å². The minimum absolute atomic E-state index is 0.0209. The van der Waals surface area contributed by atoms with Crippen LogP contribution >= 0.6 is 7.92 Å². The maximum Gasteiger partial charge on any atom is 0.134 e. The van der Waals surface area contributed by atoms with E-state index in [2.05, 4.69) is 110 Å². The van der Waals surface area contributed by atoms with Gasteiger partial charge in [0.2, 0.25) is 0 Å². The second-order valence-electron chi connectivity index (χ2n) is 12.9. The highest BCUT2D eigenvalue weighted by atomic mass is 31.1. The highest BCUT2D eigenvalue weighted by Crippen LogP contribution is 2.67. The number of Topliss-reactive ketones (excluding diaryl/α,β-unsaturated/α-hetero) is 1. The Bertz CT molecular complexity index is 1730. The molecule has 3 heterocycles. The Hall–Kier alpha value is -3.94. The number of carbonyl (C=O) groups is 1. The van der Waals surface area contributed by atoms with Gasteiger partial charge in [0, 0.05) is 47.9 Å². The average Bonchev–Trinajstić information content (AvgIpc) is 3.04. The van der Waals surface area contributed by atoms with Crippen molar-refractivity contribution in [1.82, 2.24) is 9.97 Å². The minimum atomic E-state index is -0.996. The Morgan fingerprint density at radius 2 is 0.956 bits per heavy atom. The molecule has 1 aliphatic rings. The predicted octanol–water partition coefficient (Wildman–Crippen LogP) is 10.2. The quantitative estimate of drug-likeness (QED) is 0.186. The summed E-state index contributed by atoms with van der Waals surface area (Å²) in [6.45, 7) is 18.0. The van der Waals surface area contributed by atoms with Gasteiger partial charge in [-0.15, -0.1) is 0 Å². The first-order valence-electron chi connectivity index (χ1n) is 16.0. The number of benzene rings is 3. The van der Waals surface area contributed by atoms with Crippen molar-refractivity contribution in [3.05, 3.63) is 135 Å². The molecular formula is C41H43N2OP. The van der Waals surface area contributed by atoms with Crippen molar-refractivity contribution in [2.45, 2.75) is 79.5 Å². The van der Waals surface area contributed by atoms with Crippen molar-refractivity contribution in [2.75, 3.05) is 0 Å². The first-order valence-corrected chi connectivity index (χ1v) is 17.5. The zero-order valence-corrected chi connectivity index (χ0v) is 28.7. The molecule has 5 aromatic rings. The molecule has 0 amide bonds. The molecule has 3 aromatic carbocycles. The number of aryl methyl sites for hydroxylation is 4. The summed E-state index contributed by atoms with van der Waals surface area (Å²) in [6.07, 6.45) is 4.74. The Kier molecular flexibility index (Phi) is 8.59. The second-order valence-corrected chi connectivity index (χ2v) is 15.4. The smallest absolute Gasteiger partial charge is 0.134 e. The standard InChI is InChI=1S/C41H43N2OP/c1-24-20-25(2)29(6)39(28(24)5)33-14-13-15-34(40-30(7)26(3)21-27(4)31(40)8)41(33)45-37(35-16-9-11-18-42-35)22-32(44)23-38(45)36-17-10-12-19-43-36/h9-21,37-38H,22-23H2,1-8H3. The van der Waals surface area contributed by atoms with Gasteiger partial charge in [0.1, 0.15) is 5.78 Å². The second kappa shape index (κ2) is 12.5. The van der Waals surface area contributed by atoms with Crippen LogP contribution in [0.2, 0.25) is 0 Å². The Balaban J connectivity index is 1.79. The molecule has 228 valence electrons. The summed E-state index contributed by atoms with van der Waals surface area (Å²) in [5.41, 5.74) is 17.7. The molecule has 2 aromatic heterocycles. The lowest BCUT2D eigenvalue weighted by Gasteiger charge is -2.40. The van der Waals surface area contributed by atoms with Gasteiger partial charge < -0.3 is 0 Å². The van der Waals surface area contributed by atoms with Gasteiger partial charge in [-0.25, -0.2) is 0 Å². The summed E-state index contributed by atoms with van der Waals surface area (Å²) in [5, 5.41) is 1.37. The Labute approximate surface area is 269 Å². The van der Waals surface area contributed by atoms with Gasteiger partial charge in [0.25, 0.3) is 0 Å². The highest BCUT2D eigenvalue weighted by Gasteiger charge is 2.43. The van der Waals surface area contributed by atoms with Gasteiger partial charge in [0.05, 0.1) is 0 Å². The predicted molar refractivity (Wildman–Crippen MR) is 190 cm³/mol. The van der Waals surface area contributed by atoms with Crippen LogP contribution in [0.3, 0.4) is 0 Å².